The lowest BCUT2D eigenvalue weighted by Crippen LogP contribution is -2.14. The largest absolute Gasteiger partial charge is 0.476 e. The third kappa shape index (κ3) is 2.78. The number of aromatic nitrogens is 3. The van der Waals surface area contributed by atoms with Crippen LogP contribution in [-0.2, 0) is 10.0 Å². The molecule has 0 radical (unpaired) electrons. The summed E-state index contributed by atoms with van der Waals surface area (Å²) in [5.41, 5.74) is 0.670. The van der Waals surface area contributed by atoms with Crippen LogP contribution in [0.15, 0.2) is 47.6 Å². The fraction of sp³-hybridized carbons (Fsp3) is 0.0714. The summed E-state index contributed by atoms with van der Waals surface area (Å²) in [6.45, 7) is 1.70. The number of aryl methyl sites for hydroxylation is 1. The van der Waals surface area contributed by atoms with Gasteiger partial charge in [0.1, 0.15) is 5.52 Å². The second-order valence-corrected chi connectivity index (χ2v) is 6.43. The topological polar surface area (TPSA) is 102 Å². The fourth-order valence-electron chi connectivity index (χ4n) is 2.14. The zero-order valence-corrected chi connectivity index (χ0v) is 13.5. The molecule has 2 aromatic heterocycles. The molecule has 23 heavy (non-hydrogen) atoms. The number of carbonyl (C=O) groups is 1. The lowest BCUT2D eigenvalue weighted by Gasteiger charge is -2.09. The summed E-state index contributed by atoms with van der Waals surface area (Å²) in [5, 5.41) is 8.90. The van der Waals surface area contributed by atoms with Gasteiger partial charge in [0, 0.05) is 6.20 Å². The number of hydrogen-bond donors (Lipinski definition) is 1. The van der Waals surface area contributed by atoms with Crippen molar-refractivity contribution in [3.8, 4) is 0 Å². The van der Waals surface area contributed by atoms with Gasteiger partial charge in [0.2, 0.25) is 0 Å². The third-order valence-corrected chi connectivity index (χ3v) is 5.03. The molecule has 0 amide bonds. The van der Waals surface area contributed by atoms with E-state index >= 15 is 0 Å². The molecule has 7 nitrogen and oxygen atoms in total. The molecule has 120 valence electrons. The number of nitrogens with zero attached hydrogens (tertiary/aromatic N) is 3. The molecule has 3 aromatic rings. The molecule has 0 spiro atoms. The van der Waals surface area contributed by atoms with E-state index in [1.165, 1.54) is 18.3 Å². The number of halogens is 1. The maximum Gasteiger partial charge on any atom is 0.356 e. The van der Waals surface area contributed by atoms with Crippen LogP contribution in [0.3, 0.4) is 0 Å². The van der Waals surface area contributed by atoms with E-state index in [9.17, 15) is 13.2 Å². The number of carboxylic acid groups (broad SMARTS) is 1. The first-order chi connectivity index (χ1) is 10.4. The first-order valence-electron chi connectivity index (χ1n) is 6.30. The molecule has 0 aliphatic rings. The van der Waals surface area contributed by atoms with E-state index in [2.05, 4.69) is 9.97 Å². The van der Waals surface area contributed by atoms with Crippen LogP contribution in [0.5, 0.6) is 0 Å². The molecule has 9 heteroatoms. The number of aromatic carboxylic acids is 1. The standard InChI is InChI=1S/C14H11N3O4S.ClH/c1-9-4-2-3-5-12(9)22(20,21)17-7-6-10-13(17)15-8-11(16-10)14(18)19;/h2-8H,1H3,(H,18,19);1H. The Labute approximate surface area is 138 Å². The van der Waals surface area contributed by atoms with Gasteiger partial charge in [-0.15, -0.1) is 12.4 Å². The van der Waals surface area contributed by atoms with Gasteiger partial charge in [-0.2, -0.15) is 0 Å². The number of carboxylic acids is 1. The van der Waals surface area contributed by atoms with Gasteiger partial charge < -0.3 is 5.11 Å². The van der Waals surface area contributed by atoms with E-state index in [1.54, 1.807) is 25.1 Å². The SMILES string of the molecule is Cc1ccccc1S(=O)(=O)n1ccc2nc(C(=O)O)cnc21.Cl. The molecule has 1 aromatic carbocycles. The normalized spacial score (nSPS) is 11.2. The van der Waals surface area contributed by atoms with E-state index in [0.717, 1.165) is 10.2 Å². The quantitative estimate of drug-likeness (QED) is 0.773. The van der Waals surface area contributed by atoms with Gasteiger partial charge >= 0.3 is 5.97 Å². The summed E-state index contributed by atoms with van der Waals surface area (Å²) < 4.78 is 26.5. The van der Waals surface area contributed by atoms with Gasteiger partial charge in [-0.3, -0.25) is 0 Å². The molecule has 0 aliphatic carbocycles. The van der Waals surface area contributed by atoms with Crippen LogP contribution in [0.2, 0.25) is 0 Å². The van der Waals surface area contributed by atoms with Crippen molar-refractivity contribution >= 4 is 39.6 Å². The molecule has 0 fully saturated rings. The minimum Gasteiger partial charge on any atom is -0.476 e. The summed E-state index contributed by atoms with van der Waals surface area (Å²) in [6.07, 6.45) is 2.35. The van der Waals surface area contributed by atoms with E-state index < -0.39 is 16.0 Å². The zero-order chi connectivity index (χ0) is 15.9. The van der Waals surface area contributed by atoms with E-state index in [0.29, 0.717) is 5.56 Å². The lowest BCUT2D eigenvalue weighted by molar-refractivity contribution is 0.0690. The average Bonchev–Trinajstić information content (AvgIpc) is 2.91. The van der Waals surface area contributed by atoms with Gasteiger partial charge in [0.05, 0.1) is 11.1 Å². The molecule has 3 rings (SSSR count). The Morgan fingerprint density at radius 1 is 1.22 bits per heavy atom. The summed E-state index contributed by atoms with van der Waals surface area (Å²) in [7, 11) is -3.82. The molecule has 0 aliphatic heterocycles. The van der Waals surface area contributed by atoms with Gasteiger partial charge in [-0.25, -0.2) is 27.2 Å². The van der Waals surface area contributed by atoms with E-state index in [-0.39, 0.29) is 34.2 Å². The van der Waals surface area contributed by atoms with Gasteiger partial charge in [0.25, 0.3) is 10.0 Å². The summed E-state index contributed by atoms with van der Waals surface area (Å²) in [5.74, 6) is -1.22. The second kappa shape index (κ2) is 5.98. The van der Waals surface area contributed by atoms with Gasteiger partial charge in [-0.1, -0.05) is 18.2 Å². The molecular formula is C14H12ClN3O4S. The molecule has 0 atom stereocenters. The van der Waals surface area contributed by atoms with Crippen LogP contribution in [0.4, 0.5) is 0 Å². The van der Waals surface area contributed by atoms with Crippen LogP contribution in [0.1, 0.15) is 16.1 Å². The number of fused-ring (bicyclic) bond motifs is 1. The average molecular weight is 354 g/mol. The zero-order valence-electron chi connectivity index (χ0n) is 11.9. The Balaban J connectivity index is 0.00000192. The Kier molecular flexibility index (Phi) is 4.39. The van der Waals surface area contributed by atoms with Crippen molar-refractivity contribution in [1.29, 1.82) is 0 Å². The lowest BCUT2D eigenvalue weighted by atomic mass is 10.2. The maximum absolute atomic E-state index is 12.7. The van der Waals surface area contributed by atoms with Crippen molar-refractivity contribution in [2.75, 3.05) is 0 Å². The first-order valence-corrected chi connectivity index (χ1v) is 7.74. The third-order valence-electron chi connectivity index (χ3n) is 3.21. The number of rotatable bonds is 3. The van der Waals surface area contributed by atoms with Gasteiger partial charge in [-0.05, 0) is 24.6 Å². The van der Waals surface area contributed by atoms with Crippen molar-refractivity contribution < 1.29 is 18.3 Å². The minimum atomic E-state index is -3.82. The van der Waals surface area contributed by atoms with Crippen molar-refractivity contribution in [2.45, 2.75) is 11.8 Å². The van der Waals surface area contributed by atoms with Crippen molar-refractivity contribution in [3.63, 3.8) is 0 Å². The smallest absolute Gasteiger partial charge is 0.356 e. The molecule has 0 bridgehead atoms. The highest BCUT2D eigenvalue weighted by Crippen LogP contribution is 2.22. The van der Waals surface area contributed by atoms with Crippen molar-refractivity contribution in [1.82, 2.24) is 13.9 Å². The monoisotopic (exact) mass is 353 g/mol. The highest BCUT2D eigenvalue weighted by Gasteiger charge is 2.22. The first kappa shape index (κ1) is 16.9. The maximum atomic E-state index is 12.7. The molecule has 0 unspecified atom stereocenters. The Hall–Kier alpha value is -2.45. The van der Waals surface area contributed by atoms with E-state index in [1.807, 2.05) is 0 Å². The molecular weight excluding hydrogens is 342 g/mol. The van der Waals surface area contributed by atoms with Crippen LogP contribution in [0.25, 0.3) is 11.2 Å². The second-order valence-electron chi connectivity index (χ2n) is 4.65. The fourth-order valence-corrected chi connectivity index (χ4v) is 3.66. The highest BCUT2D eigenvalue weighted by atomic mass is 35.5. The summed E-state index contributed by atoms with van der Waals surface area (Å²) >= 11 is 0. The van der Waals surface area contributed by atoms with Crippen LogP contribution in [-0.4, -0.2) is 33.4 Å². The summed E-state index contributed by atoms with van der Waals surface area (Å²) in [6, 6.07) is 8.02. The Bertz CT molecular complexity index is 998. The van der Waals surface area contributed by atoms with Crippen molar-refractivity contribution in [2.24, 2.45) is 0 Å². The van der Waals surface area contributed by atoms with E-state index in [4.69, 9.17) is 5.11 Å². The molecule has 0 saturated carbocycles. The Morgan fingerprint density at radius 2 is 1.91 bits per heavy atom. The minimum absolute atomic E-state index is 0. The molecule has 0 saturated heterocycles. The Morgan fingerprint density at radius 3 is 2.57 bits per heavy atom. The molecule has 1 N–H and O–H groups in total. The van der Waals surface area contributed by atoms with Crippen LogP contribution in [0, 0.1) is 6.92 Å². The number of hydrogen-bond acceptors (Lipinski definition) is 5. The highest BCUT2D eigenvalue weighted by molar-refractivity contribution is 7.90. The predicted molar refractivity (Wildman–Crippen MR) is 85.5 cm³/mol. The predicted octanol–water partition coefficient (Wildman–Crippen LogP) is 2.10. The number of benzene rings is 1. The van der Waals surface area contributed by atoms with Crippen molar-refractivity contribution in [3.05, 3.63) is 54.0 Å². The van der Waals surface area contributed by atoms with Gasteiger partial charge in [0.15, 0.2) is 11.3 Å². The molecule has 2 heterocycles. The van der Waals surface area contributed by atoms with Crippen LogP contribution >= 0.6 is 12.4 Å². The summed E-state index contributed by atoms with van der Waals surface area (Å²) in [4.78, 5) is 18.9. The van der Waals surface area contributed by atoms with Crippen LogP contribution < -0.4 is 0 Å².